The molecule has 0 saturated carbocycles. The minimum Gasteiger partial charge on any atom is -0.347 e. The van der Waals surface area contributed by atoms with Crippen LogP contribution in [0.4, 0.5) is 10.1 Å². The third-order valence-corrected chi connectivity index (χ3v) is 4.10. The highest BCUT2D eigenvalue weighted by atomic mass is 19.1. The second-order valence-electron chi connectivity index (χ2n) is 6.41. The molecule has 0 fully saturated rings. The molecule has 6 nitrogen and oxygen atoms in total. The second kappa shape index (κ2) is 7.51. The molecule has 1 aromatic heterocycles. The van der Waals surface area contributed by atoms with Crippen LogP contribution in [0.2, 0.25) is 0 Å². The average Bonchev–Trinajstić information content (AvgIpc) is 2.78. The van der Waals surface area contributed by atoms with Gasteiger partial charge < -0.3 is 15.2 Å². The molecule has 0 bridgehead atoms. The minimum absolute atomic E-state index is 0.171. The first kappa shape index (κ1) is 19.4. The van der Waals surface area contributed by atoms with E-state index in [0.29, 0.717) is 22.5 Å². The van der Waals surface area contributed by atoms with Crippen molar-refractivity contribution in [3.63, 3.8) is 0 Å². The second-order valence-corrected chi connectivity index (χ2v) is 6.41. The summed E-state index contributed by atoms with van der Waals surface area (Å²) in [5, 5.41) is 5.24. The number of carbonyl (C=O) groups is 3. The lowest BCUT2D eigenvalue weighted by atomic mass is 10.1. The maximum Gasteiger partial charge on any atom is 0.294 e. The number of ketones is 1. The van der Waals surface area contributed by atoms with Gasteiger partial charge in [0, 0.05) is 24.5 Å². The number of hydrogen-bond acceptors (Lipinski definition) is 3. The maximum absolute atomic E-state index is 13.0. The summed E-state index contributed by atoms with van der Waals surface area (Å²) >= 11 is 0. The van der Waals surface area contributed by atoms with Crippen LogP contribution in [-0.4, -0.2) is 28.2 Å². The Kier molecular flexibility index (Phi) is 5.59. The van der Waals surface area contributed by atoms with E-state index in [0.717, 1.165) is 0 Å². The van der Waals surface area contributed by atoms with E-state index < -0.39 is 23.4 Å². The van der Waals surface area contributed by atoms with Crippen LogP contribution in [-0.2, 0) is 11.8 Å². The number of anilines is 1. The molecule has 26 heavy (non-hydrogen) atoms. The summed E-state index contributed by atoms with van der Waals surface area (Å²) in [5.74, 6) is -2.23. The third kappa shape index (κ3) is 3.82. The van der Waals surface area contributed by atoms with Gasteiger partial charge in [-0.05, 0) is 57.5 Å². The van der Waals surface area contributed by atoms with Crippen molar-refractivity contribution in [1.82, 2.24) is 9.88 Å². The molecular formula is C19H22FN3O3. The van der Waals surface area contributed by atoms with Crippen molar-refractivity contribution in [2.24, 2.45) is 7.05 Å². The summed E-state index contributed by atoms with van der Waals surface area (Å²) in [6.45, 7) is 6.85. The predicted molar refractivity (Wildman–Crippen MR) is 96.8 cm³/mol. The number of benzene rings is 1. The first-order chi connectivity index (χ1) is 12.1. The van der Waals surface area contributed by atoms with Crippen LogP contribution in [0.3, 0.4) is 0 Å². The number of nitrogens with zero attached hydrogens (tertiary/aromatic N) is 1. The molecule has 2 N–H and O–H groups in total. The van der Waals surface area contributed by atoms with E-state index in [1.165, 1.54) is 28.8 Å². The third-order valence-electron chi connectivity index (χ3n) is 4.10. The molecule has 0 aliphatic carbocycles. The molecule has 2 aromatic rings. The van der Waals surface area contributed by atoms with Gasteiger partial charge >= 0.3 is 0 Å². The topological polar surface area (TPSA) is 80.2 Å². The van der Waals surface area contributed by atoms with Crippen LogP contribution in [0.25, 0.3) is 0 Å². The Labute approximate surface area is 151 Å². The lowest BCUT2D eigenvalue weighted by Crippen LogP contribution is -2.37. The summed E-state index contributed by atoms with van der Waals surface area (Å²) < 4.78 is 14.5. The summed E-state index contributed by atoms with van der Waals surface area (Å²) in [7, 11) is 1.63. The zero-order chi connectivity index (χ0) is 19.6. The molecule has 0 atom stereocenters. The van der Waals surface area contributed by atoms with E-state index in [1.807, 2.05) is 0 Å². The Hall–Kier alpha value is -2.96. The molecule has 0 saturated heterocycles. The SMILES string of the molecule is Cc1c(C(=O)Nc2ccc(F)cc2)c(C)n(C)c1C(=O)C(=O)NC(C)C. The number of hydrogen-bond donors (Lipinski definition) is 2. The van der Waals surface area contributed by atoms with Gasteiger partial charge in [-0.25, -0.2) is 4.39 Å². The fraction of sp³-hybridized carbons (Fsp3) is 0.316. The number of carbonyl (C=O) groups excluding carboxylic acids is 3. The molecule has 0 unspecified atom stereocenters. The van der Waals surface area contributed by atoms with Gasteiger partial charge in [-0.2, -0.15) is 0 Å². The van der Waals surface area contributed by atoms with Crippen LogP contribution < -0.4 is 10.6 Å². The molecule has 1 aromatic carbocycles. The van der Waals surface area contributed by atoms with Gasteiger partial charge in [0.2, 0.25) is 0 Å². The van der Waals surface area contributed by atoms with Crippen molar-refractivity contribution in [2.45, 2.75) is 33.7 Å². The first-order valence-corrected chi connectivity index (χ1v) is 8.21. The Balaban J connectivity index is 2.36. The van der Waals surface area contributed by atoms with Crippen LogP contribution in [0.1, 0.15) is 46.0 Å². The van der Waals surface area contributed by atoms with Crippen LogP contribution in [0.5, 0.6) is 0 Å². The van der Waals surface area contributed by atoms with Crippen LogP contribution in [0, 0.1) is 19.7 Å². The van der Waals surface area contributed by atoms with Crippen molar-refractivity contribution in [1.29, 1.82) is 0 Å². The molecular weight excluding hydrogens is 337 g/mol. The smallest absolute Gasteiger partial charge is 0.294 e. The lowest BCUT2D eigenvalue weighted by molar-refractivity contribution is -0.117. The highest BCUT2D eigenvalue weighted by Crippen LogP contribution is 2.23. The van der Waals surface area contributed by atoms with E-state index in [9.17, 15) is 18.8 Å². The van der Waals surface area contributed by atoms with Gasteiger partial charge in [-0.1, -0.05) is 0 Å². The summed E-state index contributed by atoms with van der Waals surface area (Å²) in [4.78, 5) is 37.2. The van der Waals surface area contributed by atoms with Gasteiger partial charge in [-0.3, -0.25) is 14.4 Å². The van der Waals surface area contributed by atoms with E-state index in [1.54, 1.807) is 34.7 Å². The average molecular weight is 359 g/mol. The molecule has 0 aliphatic rings. The lowest BCUT2D eigenvalue weighted by Gasteiger charge is -2.09. The van der Waals surface area contributed by atoms with Crippen molar-refractivity contribution in [3.05, 3.63) is 52.6 Å². The number of Topliss-reactive ketones (excluding diaryl/α,β-unsaturated/α-hetero) is 1. The van der Waals surface area contributed by atoms with Gasteiger partial charge in [0.25, 0.3) is 17.6 Å². The number of halogens is 1. The molecule has 0 radical (unpaired) electrons. The van der Waals surface area contributed by atoms with Gasteiger partial charge in [0.1, 0.15) is 5.82 Å². The molecule has 7 heteroatoms. The van der Waals surface area contributed by atoms with Crippen molar-refractivity contribution >= 4 is 23.3 Å². The fourth-order valence-corrected chi connectivity index (χ4v) is 2.80. The fourth-order valence-electron chi connectivity index (χ4n) is 2.80. The predicted octanol–water partition coefficient (Wildman–Crippen LogP) is 2.74. The van der Waals surface area contributed by atoms with Gasteiger partial charge in [-0.15, -0.1) is 0 Å². The molecule has 1 heterocycles. The molecule has 138 valence electrons. The Morgan fingerprint density at radius 3 is 2.19 bits per heavy atom. The summed E-state index contributed by atoms with van der Waals surface area (Å²) in [6.07, 6.45) is 0. The normalized spacial score (nSPS) is 10.7. The van der Waals surface area contributed by atoms with Crippen molar-refractivity contribution in [3.8, 4) is 0 Å². The number of amides is 2. The van der Waals surface area contributed by atoms with Gasteiger partial charge in [0.15, 0.2) is 0 Å². The minimum atomic E-state index is -0.714. The van der Waals surface area contributed by atoms with Crippen LogP contribution >= 0.6 is 0 Å². The first-order valence-electron chi connectivity index (χ1n) is 8.21. The quantitative estimate of drug-likeness (QED) is 0.636. The van der Waals surface area contributed by atoms with E-state index in [2.05, 4.69) is 10.6 Å². The Morgan fingerprint density at radius 1 is 1.08 bits per heavy atom. The van der Waals surface area contributed by atoms with E-state index >= 15 is 0 Å². The highest BCUT2D eigenvalue weighted by Gasteiger charge is 2.28. The van der Waals surface area contributed by atoms with Crippen LogP contribution in [0.15, 0.2) is 24.3 Å². The zero-order valence-corrected chi connectivity index (χ0v) is 15.4. The zero-order valence-electron chi connectivity index (χ0n) is 15.4. The molecule has 2 rings (SSSR count). The number of rotatable bonds is 5. The van der Waals surface area contributed by atoms with Crippen molar-refractivity contribution in [2.75, 3.05) is 5.32 Å². The standard InChI is InChI=1S/C19H22FN3O3/c1-10(2)21-19(26)17(24)16-11(3)15(12(4)23(16)5)18(25)22-14-8-6-13(20)7-9-14/h6-10H,1-5H3,(H,21,26)(H,22,25). The Bertz CT molecular complexity index is 867. The van der Waals surface area contributed by atoms with E-state index in [-0.39, 0.29) is 11.7 Å². The molecule has 0 aliphatic heterocycles. The molecule has 0 spiro atoms. The summed E-state index contributed by atoms with van der Waals surface area (Å²) in [6, 6.07) is 5.21. The largest absolute Gasteiger partial charge is 0.347 e. The molecule has 2 amide bonds. The van der Waals surface area contributed by atoms with E-state index in [4.69, 9.17) is 0 Å². The Morgan fingerprint density at radius 2 is 1.65 bits per heavy atom. The monoisotopic (exact) mass is 359 g/mol. The highest BCUT2D eigenvalue weighted by molar-refractivity contribution is 6.43. The number of aromatic nitrogens is 1. The number of nitrogens with one attached hydrogen (secondary N) is 2. The van der Waals surface area contributed by atoms with Crippen molar-refractivity contribution < 1.29 is 18.8 Å². The maximum atomic E-state index is 13.0. The van der Waals surface area contributed by atoms with Gasteiger partial charge in [0.05, 0.1) is 11.3 Å². The summed E-state index contributed by atoms with van der Waals surface area (Å²) in [5.41, 5.74) is 1.91.